The number of aromatic nitrogens is 2. The first kappa shape index (κ1) is 18.7. The molecular formula is C18H18N6O5. The van der Waals surface area contributed by atoms with E-state index < -0.39 is 29.7 Å². The van der Waals surface area contributed by atoms with Gasteiger partial charge in [0.2, 0.25) is 17.7 Å². The minimum atomic E-state index is -0.985. The van der Waals surface area contributed by atoms with E-state index in [1.807, 2.05) is 0 Å². The molecule has 0 spiro atoms. The van der Waals surface area contributed by atoms with E-state index in [4.69, 9.17) is 10.2 Å². The smallest absolute Gasteiger partial charge is 0.315 e. The Balaban J connectivity index is 1.49. The average molecular weight is 398 g/mol. The summed E-state index contributed by atoms with van der Waals surface area (Å²) in [6, 6.07) is 4.07. The monoisotopic (exact) mass is 398 g/mol. The van der Waals surface area contributed by atoms with Crippen LogP contribution in [0.25, 0.3) is 0 Å². The topological polar surface area (TPSA) is 161 Å². The Kier molecular flexibility index (Phi) is 4.80. The number of nitrogens with two attached hydrogens (primary N) is 1. The highest BCUT2D eigenvalue weighted by Crippen LogP contribution is 2.28. The molecule has 1 aromatic heterocycles. The van der Waals surface area contributed by atoms with E-state index >= 15 is 0 Å². The number of piperidine rings is 1. The third-order valence-electron chi connectivity index (χ3n) is 4.77. The molecule has 29 heavy (non-hydrogen) atoms. The van der Waals surface area contributed by atoms with Crippen molar-refractivity contribution < 1.29 is 23.6 Å². The lowest BCUT2D eigenvalue weighted by molar-refractivity contribution is -0.136. The van der Waals surface area contributed by atoms with Crippen molar-refractivity contribution in [1.29, 1.82) is 0 Å². The van der Waals surface area contributed by atoms with E-state index in [0.29, 0.717) is 24.4 Å². The number of nitrogens with one attached hydrogen (secondary N) is 2. The van der Waals surface area contributed by atoms with E-state index in [-0.39, 0.29) is 36.5 Å². The molecule has 11 nitrogen and oxygen atoms in total. The number of carbonyl (C=O) groups excluding carboxylic acids is 4. The molecule has 0 aliphatic carbocycles. The molecule has 1 atom stereocenters. The van der Waals surface area contributed by atoms with E-state index in [1.54, 1.807) is 18.2 Å². The Morgan fingerprint density at radius 2 is 1.97 bits per heavy atom. The first-order chi connectivity index (χ1) is 14.0. The van der Waals surface area contributed by atoms with Crippen LogP contribution in [0.1, 0.15) is 45.0 Å². The van der Waals surface area contributed by atoms with Crippen LogP contribution >= 0.6 is 0 Å². The van der Waals surface area contributed by atoms with Crippen molar-refractivity contribution in [2.24, 2.45) is 5.73 Å². The van der Waals surface area contributed by atoms with Crippen LogP contribution in [-0.2, 0) is 22.6 Å². The van der Waals surface area contributed by atoms with Crippen LogP contribution in [0.4, 0.5) is 6.01 Å². The predicted octanol–water partition coefficient (Wildman–Crippen LogP) is -0.416. The quantitative estimate of drug-likeness (QED) is 0.549. The standard InChI is InChI=1S/C18H18N6O5/c19-6-5-14-22-23-18(29-14)20-8-9-1-2-10-11(7-9)17(28)24(16(10)27)12-3-4-13(25)21-15(12)26/h1-2,7,12H,3-6,8,19H2,(H,20,23)(H,21,25,26). The van der Waals surface area contributed by atoms with Crippen LogP contribution in [-0.4, -0.2) is 51.3 Å². The summed E-state index contributed by atoms with van der Waals surface area (Å²) < 4.78 is 5.38. The van der Waals surface area contributed by atoms with Crippen LogP contribution in [0.3, 0.4) is 0 Å². The maximum absolute atomic E-state index is 12.8. The molecule has 11 heteroatoms. The van der Waals surface area contributed by atoms with Gasteiger partial charge in [0.15, 0.2) is 0 Å². The van der Waals surface area contributed by atoms with Crippen molar-refractivity contribution in [3.63, 3.8) is 0 Å². The van der Waals surface area contributed by atoms with Gasteiger partial charge in [0.05, 0.1) is 11.1 Å². The molecule has 150 valence electrons. The summed E-state index contributed by atoms with van der Waals surface area (Å²) in [5.41, 5.74) is 6.60. The maximum Gasteiger partial charge on any atom is 0.315 e. The highest BCUT2D eigenvalue weighted by Gasteiger charge is 2.44. The average Bonchev–Trinajstić information content (AvgIpc) is 3.24. The van der Waals surface area contributed by atoms with Crippen LogP contribution in [0, 0.1) is 0 Å². The molecule has 1 aromatic carbocycles. The Labute approximate surface area is 164 Å². The minimum absolute atomic E-state index is 0.0787. The van der Waals surface area contributed by atoms with E-state index in [0.717, 1.165) is 4.90 Å². The summed E-state index contributed by atoms with van der Waals surface area (Å²) in [6.45, 7) is 0.684. The second-order valence-corrected chi connectivity index (χ2v) is 6.72. The summed E-state index contributed by atoms with van der Waals surface area (Å²) in [4.78, 5) is 49.8. The Morgan fingerprint density at radius 3 is 2.72 bits per heavy atom. The van der Waals surface area contributed by atoms with Crippen molar-refractivity contribution in [2.45, 2.75) is 31.8 Å². The number of nitrogens with zero attached hydrogens (tertiary/aromatic N) is 3. The zero-order valence-corrected chi connectivity index (χ0v) is 15.3. The lowest BCUT2D eigenvalue weighted by atomic mass is 10.0. The number of rotatable bonds is 6. The van der Waals surface area contributed by atoms with Gasteiger partial charge in [-0.15, -0.1) is 5.10 Å². The van der Waals surface area contributed by atoms with Gasteiger partial charge >= 0.3 is 6.01 Å². The van der Waals surface area contributed by atoms with Crippen molar-refractivity contribution >= 4 is 29.6 Å². The number of fused-ring (bicyclic) bond motifs is 1. The van der Waals surface area contributed by atoms with Gasteiger partial charge in [0.25, 0.3) is 11.8 Å². The van der Waals surface area contributed by atoms with Gasteiger partial charge in [-0.2, -0.15) is 0 Å². The zero-order valence-electron chi connectivity index (χ0n) is 15.3. The molecule has 3 heterocycles. The lowest BCUT2D eigenvalue weighted by Gasteiger charge is -2.27. The van der Waals surface area contributed by atoms with Gasteiger partial charge in [0.1, 0.15) is 6.04 Å². The third-order valence-corrected chi connectivity index (χ3v) is 4.77. The van der Waals surface area contributed by atoms with Gasteiger partial charge in [-0.25, -0.2) is 0 Å². The SMILES string of the molecule is NCCc1nnc(NCc2ccc3c(c2)C(=O)N(C2CCC(=O)NC2=O)C3=O)o1. The number of hydrogen-bond donors (Lipinski definition) is 3. The van der Waals surface area contributed by atoms with Gasteiger partial charge in [0, 0.05) is 25.9 Å². The van der Waals surface area contributed by atoms with E-state index in [9.17, 15) is 19.2 Å². The zero-order chi connectivity index (χ0) is 20.5. The highest BCUT2D eigenvalue weighted by molar-refractivity contribution is 6.23. The minimum Gasteiger partial charge on any atom is -0.408 e. The second kappa shape index (κ2) is 7.43. The van der Waals surface area contributed by atoms with Gasteiger partial charge in [-0.3, -0.25) is 29.4 Å². The summed E-state index contributed by atoms with van der Waals surface area (Å²) in [7, 11) is 0. The molecule has 1 fully saturated rings. The molecule has 2 aromatic rings. The second-order valence-electron chi connectivity index (χ2n) is 6.72. The molecule has 0 bridgehead atoms. The Morgan fingerprint density at radius 1 is 1.17 bits per heavy atom. The predicted molar refractivity (Wildman–Crippen MR) is 97.5 cm³/mol. The first-order valence-corrected chi connectivity index (χ1v) is 9.08. The van der Waals surface area contributed by atoms with Gasteiger partial charge < -0.3 is 15.5 Å². The molecule has 4 rings (SSSR count). The molecule has 0 radical (unpaired) electrons. The van der Waals surface area contributed by atoms with Gasteiger partial charge in [-0.05, 0) is 24.1 Å². The van der Waals surface area contributed by atoms with Gasteiger partial charge in [-0.1, -0.05) is 11.2 Å². The summed E-state index contributed by atoms with van der Waals surface area (Å²) >= 11 is 0. The molecule has 1 saturated heterocycles. The molecule has 4 N–H and O–H groups in total. The maximum atomic E-state index is 12.8. The van der Waals surface area contributed by atoms with E-state index in [1.165, 1.54) is 0 Å². The van der Waals surface area contributed by atoms with Crippen molar-refractivity contribution in [2.75, 3.05) is 11.9 Å². The van der Waals surface area contributed by atoms with Crippen LogP contribution < -0.4 is 16.4 Å². The molecule has 2 aliphatic rings. The summed E-state index contributed by atoms with van der Waals surface area (Å²) in [5.74, 6) is -1.72. The molecule has 2 aliphatic heterocycles. The number of hydrogen-bond acceptors (Lipinski definition) is 9. The number of benzene rings is 1. The van der Waals surface area contributed by atoms with Crippen molar-refractivity contribution in [3.05, 3.63) is 40.8 Å². The lowest BCUT2D eigenvalue weighted by Crippen LogP contribution is -2.54. The molecule has 0 saturated carbocycles. The summed E-state index contributed by atoms with van der Waals surface area (Å²) in [6.07, 6.45) is 0.669. The normalized spacial score (nSPS) is 18.8. The number of carbonyl (C=O) groups is 4. The fourth-order valence-corrected chi connectivity index (χ4v) is 3.36. The number of amides is 4. The number of imide groups is 2. The molecular weight excluding hydrogens is 380 g/mol. The fourth-order valence-electron chi connectivity index (χ4n) is 3.36. The highest BCUT2D eigenvalue weighted by atomic mass is 16.4. The third kappa shape index (κ3) is 3.47. The molecule has 1 unspecified atom stereocenters. The summed E-state index contributed by atoms with van der Waals surface area (Å²) in [5, 5.41) is 12.8. The van der Waals surface area contributed by atoms with Crippen LogP contribution in [0.15, 0.2) is 22.6 Å². The van der Waals surface area contributed by atoms with Crippen molar-refractivity contribution in [1.82, 2.24) is 20.4 Å². The van der Waals surface area contributed by atoms with Crippen molar-refractivity contribution in [3.8, 4) is 0 Å². The van der Waals surface area contributed by atoms with Crippen LogP contribution in [0.2, 0.25) is 0 Å². The largest absolute Gasteiger partial charge is 0.408 e. The van der Waals surface area contributed by atoms with E-state index in [2.05, 4.69) is 20.8 Å². The first-order valence-electron chi connectivity index (χ1n) is 9.08. The molecule has 4 amide bonds. The fraction of sp³-hybridized carbons (Fsp3) is 0.333. The van der Waals surface area contributed by atoms with Crippen LogP contribution in [0.5, 0.6) is 0 Å². The Bertz CT molecular complexity index is 1020. The Hall–Kier alpha value is -3.60. The number of anilines is 1.